The lowest BCUT2D eigenvalue weighted by Crippen LogP contribution is -2.05. The molecule has 0 saturated carbocycles. The molecule has 0 amide bonds. The average molecular weight is 354 g/mol. The van der Waals surface area contributed by atoms with E-state index in [0.717, 1.165) is 10.8 Å². The fourth-order valence-electron chi connectivity index (χ4n) is 2.05. The van der Waals surface area contributed by atoms with Gasteiger partial charge in [0.25, 0.3) is 0 Å². The van der Waals surface area contributed by atoms with Crippen LogP contribution in [0.15, 0.2) is 42.5 Å². The Bertz CT molecular complexity index is 578. The second-order valence-electron chi connectivity index (χ2n) is 5.10. The molecular formula is C17H18BrClO. The molecule has 1 unspecified atom stereocenters. The summed E-state index contributed by atoms with van der Waals surface area (Å²) in [6, 6.07) is 14.1. The molecule has 0 saturated heterocycles. The van der Waals surface area contributed by atoms with E-state index < -0.39 is 0 Å². The van der Waals surface area contributed by atoms with Crippen molar-refractivity contribution in [3.8, 4) is 5.75 Å². The summed E-state index contributed by atoms with van der Waals surface area (Å²) in [7, 11) is 0. The van der Waals surface area contributed by atoms with Crippen LogP contribution in [0.5, 0.6) is 5.75 Å². The third-order valence-electron chi connectivity index (χ3n) is 3.06. The molecule has 0 aromatic heterocycles. The maximum atomic E-state index is 6.09. The van der Waals surface area contributed by atoms with Crippen LogP contribution in [0.3, 0.4) is 0 Å². The van der Waals surface area contributed by atoms with E-state index in [1.54, 1.807) is 0 Å². The fourth-order valence-corrected chi connectivity index (χ4v) is 3.03. The van der Waals surface area contributed by atoms with Crippen LogP contribution in [0.25, 0.3) is 0 Å². The number of ether oxygens (including phenoxy) is 1. The smallest absolute Gasteiger partial charge is 0.119 e. The van der Waals surface area contributed by atoms with Crippen LogP contribution in [0, 0.1) is 6.92 Å². The third-order valence-corrected chi connectivity index (χ3v) is 4.32. The molecule has 0 N–H and O–H groups in total. The van der Waals surface area contributed by atoms with E-state index in [0.29, 0.717) is 0 Å². The molecular weight excluding hydrogens is 336 g/mol. The predicted octanol–water partition coefficient (Wildman–Crippen LogP) is 5.92. The Morgan fingerprint density at radius 3 is 2.30 bits per heavy atom. The van der Waals surface area contributed by atoms with Crippen molar-refractivity contribution in [3.05, 3.63) is 64.2 Å². The Morgan fingerprint density at radius 1 is 1.05 bits per heavy atom. The molecule has 1 nitrogen and oxygen atoms in total. The quantitative estimate of drug-likeness (QED) is 0.620. The first kappa shape index (κ1) is 15.4. The molecule has 1 atom stereocenters. The van der Waals surface area contributed by atoms with Crippen molar-refractivity contribution >= 4 is 27.5 Å². The predicted molar refractivity (Wildman–Crippen MR) is 89.2 cm³/mol. The summed E-state index contributed by atoms with van der Waals surface area (Å²) in [5, 5.41) is 0.759. The van der Waals surface area contributed by atoms with Gasteiger partial charge in [-0.05, 0) is 61.7 Å². The van der Waals surface area contributed by atoms with Crippen molar-refractivity contribution in [2.75, 3.05) is 0 Å². The molecule has 3 heteroatoms. The highest BCUT2D eigenvalue weighted by Gasteiger charge is 2.13. The minimum absolute atomic E-state index is 0.134. The van der Waals surface area contributed by atoms with Crippen LogP contribution in [0.1, 0.15) is 35.4 Å². The van der Waals surface area contributed by atoms with E-state index in [1.807, 2.05) is 44.2 Å². The lowest BCUT2D eigenvalue weighted by molar-refractivity contribution is 0.242. The van der Waals surface area contributed by atoms with Gasteiger partial charge in [-0.25, -0.2) is 0 Å². The van der Waals surface area contributed by atoms with E-state index >= 15 is 0 Å². The lowest BCUT2D eigenvalue weighted by Gasteiger charge is -2.15. The second kappa shape index (κ2) is 6.64. The highest BCUT2D eigenvalue weighted by Crippen LogP contribution is 2.34. The summed E-state index contributed by atoms with van der Waals surface area (Å²) >= 11 is 9.85. The molecule has 0 aliphatic heterocycles. The van der Waals surface area contributed by atoms with Crippen molar-refractivity contribution in [3.63, 3.8) is 0 Å². The minimum atomic E-state index is 0.134. The standard InChI is InChI=1S/C17H18BrClO/c1-11(2)20-15-8-5-13(6-9-15)17(18)16-10-14(19)7-4-12(16)3/h4-11,17H,1-3H3. The number of hydrogen-bond acceptors (Lipinski definition) is 1. The normalized spacial score (nSPS) is 12.5. The van der Waals surface area contributed by atoms with Crippen LogP contribution in [-0.2, 0) is 0 Å². The summed E-state index contributed by atoms with van der Waals surface area (Å²) in [6.45, 7) is 6.14. The van der Waals surface area contributed by atoms with Gasteiger partial charge in [-0.1, -0.05) is 45.7 Å². The summed E-state index contributed by atoms with van der Waals surface area (Å²) in [5.74, 6) is 0.895. The topological polar surface area (TPSA) is 9.23 Å². The van der Waals surface area contributed by atoms with Gasteiger partial charge in [0.15, 0.2) is 0 Å². The molecule has 0 fully saturated rings. The van der Waals surface area contributed by atoms with Gasteiger partial charge in [0.05, 0.1) is 10.9 Å². The van der Waals surface area contributed by atoms with E-state index in [4.69, 9.17) is 16.3 Å². The Balaban J connectivity index is 2.24. The van der Waals surface area contributed by atoms with Crippen LogP contribution in [-0.4, -0.2) is 6.10 Å². The lowest BCUT2D eigenvalue weighted by atomic mass is 10.0. The molecule has 0 aliphatic carbocycles. The Kier molecular flexibility index (Phi) is 5.11. The first-order valence-corrected chi connectivity index (χ1v) is 7.93. The van der Waals surface area contributed by atoms with Crippen molar-refractivity contribution in [1.82, 2.24) is 0 Å². The van der Waals surface area contributed by atoms with Crippen molar-refractivity contribution < 1.29 is 4.74 Å². The largest absolute Gasteiger partial charge is 0.491 e. The molecule has 0 heterocycles. The summed E-state index contributed by atoms with van der Waals surface area (Å²) in [5.41, 5.74) is 3.60. The SMILES string of the molecule is Cc1ccc(Cl)cc1C(Br)c1ccc(OC(C)C)cc1. The highest BCUT2D eigenvalue weighted by molar-refractivity contribution is 9.09. The van der Waals surface area contributed by atoms with Crippen LogP contribution in [0.4, 0.5) is 0 Å². The molecule has 106 valence electrons. The number of rotatable bonds is 4. The molecule has 20 heavy (non-hydrogen) atoms. The Hall–Kier alpha value is -0.990. The number of alkyl halides is 1. The molecule has 2 rings (SSSR count). The molecule has 0 radical (unpaired) electrons. The molecule has 2 aromatic rings. The highest BCUT2D eigenvalue weighted by atomic mass is 79.9. The monoisotopic (exact) mass is 352 g/mol. The van der Waals surface area contributed by atoms with Gasteiger partial charge in [0, 0.05) is 5.02 Å². The van der Waals surface area contributed by atoms with Gasteiger partial charge >= 0.3 is 0 Å². The fraction of sp³-hybridized carbons (Fsp3) is 0.294. The Labute approximate surface area is 134 Å². The maximum Gasteiger partial charge on any atom is 0.119 e. The Morgan fingerprint density at radius 2 is 1.70 bits per heavy atom. The summed E-state index contributed by atoms with van der Waals surface area (Å²) in [4.78, 5) is 0.134. The van der Waals surface area contributed by atoms with Crippen LogP contribution in [0.2, 0.25) is 5.02 Å². The zero-order chi connectivity index (χ0) is 14.7. The average Bonchev–Trinajstić information content (AvgIpc) is 2.41. The van der Waals surface area contributed by atoms with E-state index in [-0.39, 0.29) is 10.9 Å². The van der Waals surface area contributed by atoms with E-state index in [1.165, 1.54) is 16.7 Å². The van der Waals surface area contributed by atoms with Crippen molar-refractivity contribution in [2.24, 2.45) is 0 Å². The molecule has 2 aromatic carbocycles. The van der Waals surface area contributed by atoms with Gasteiger partial charge in [0.1, 0.15) is 5.75 Å². The van der Waals surface area contributed by atoms with Gasteiger partial charge in [0.2, 0.25) is 0 Å². The van der Waals surface area contributed by atoms with Crippen molar-refractivity contribution in [1.29, 1.82) is 0 Å². The first-order valence-electron chi connectivity index (χ1n) is 6.64. The number of aryl methyl sites for hydroxylation is 1. The van der Waals surface area contributed by atoms with Gasteiger partial charge in [-0.3, -0.25) is 0 Å². The maximum absolute atomic E-state index is 6.09. The minimum Gasteiger partial charge on any atom is -0.491 e. The number of hydrogen-bond donors (Lipinski definition) is 0. The van der Waals surface area contributed by atoms with Crippen molar-refractivity contribution in [2.45, 2.75) is 31.7 Å². The van der Waals surface area contributed by atoms with E-state index in [2.05, 4.69) is 35.0 Å². The van der Waals surface area contributed by atoms with Gasteiger partial charge in [-0.2, -0.15) is 0 Å². The zero-order valence-corrected chi connectivity index (χ0v) is 14.2. The molecule has 0 aliphatic rings. The van der Waals surface area contributed by atoms with Gasteiger partial charge < -0.3 is 4.74 Å². The van der Waals surface area contributed by atoms with Gasteiger partial charge in [-0.15, -0.1) is 0 Å². The second-order valence-corrected chi connectivity index (χ2v) is 6.45. The number of benzene rings is 2. The van der Waals surface area contributed by atoms with Crippen LogP contribution >= 0.6 is 27.5 Å². The number of halogens is 2. The molecule has 0 bridgehead atoms. The van der Waals surface area contributed by atoms with E-state index in [9.17, 15) is 0 Å². The first-order chi connectivity index (χ1) is 9.47. The van der Waals surface area contributed by atoms with Crippen LogP contribution < -0.4 is 4.74 Å². The molecule has 0 spiro atoms. The zero-order valence-electron chi connectivity index (χ0n) is 11.9. The summed E-state index contributed by atoms with van der Waals surface area (Å²) in [6.07, 6.45) is 0.191. The summed E-state index contributed by atoms with van der Waals surface area (Å²) < 4.78 is 5.66. The third kappa shape index (κ3) is 3.77.